The summed E-state index contributed by atoms with van der Waals surface area (Å²) in [5.74, 6) is 1.01. The standard InChI is InChI=1S/C23H30N2O5S/c1-4-17-8-6-9-18(5-2)23(17)24-22(26)10-7-13-25(31(3,27)28)19-11-12-20-21(16-19)30-15-14-29-20/h6,8-9,11-12,16H,4-5,7,10,13-15H2,1-3H3,(H,24,26). The number of carbonyl (C=O) groups excluding carboxylic acids is 1. The molecule has 1 heterocycles. The molecule has 3 rings (SSSR count). The molecule has 0 aliphatic carbocycles. The summed E-state index contributed by atoms with van der Waals surface area (Å²) in [6, 6.07) is 11.1. The van der Waals surface area contributed by atoms with Gasteiger partial charge >= 0.3 is 0 Å². The Hall–Kier alpha value is -2.74. The minimum atomic E-state index is -3.52. The lowest BCUT2D eigenvalue weighted by molar-refractivity contribution is -0.116. The second-order valence-corrected chi connectivity index (χ2v) is 9.38. The minimum absolute atomic E-state index is 0.119. The number of rotatable bonds is 9. The number of para-hydroxylation sites is 1. The molecule has 0 radical (unpaired) electrons. The Morgan fingerprint density at radius 1 is 1.03 bits per heavy atom. The van der Waals surface area contributed by atoms with E-state index in [9.17, 15) is 13.2 Å². The van der Waals surface area contributed by atoms with Gasteiger partial charge in [-0.05, 0) is 42.5 Å². The van der Waals surface area contributed by atoms with Crippen LogP contribution in [0.2, 0.25) is 0 Å². The van der Waals surface area contributed by atoms with Gasteiger partial charge in [0.15, 0.2) is 11.5 Å². The van der Waals surface area contributed by atoms with Crippen LogP contribution in [0.25, 0.3) is 0 Å². The van der Waals surface area contributed by atoms with Gasteiger partial charge < -0.3 is 14.8 Å². The van der Waals surface area contributed by atoms with Gasteiger partial charge in [-0.2, -0.15) is 0 Å². The molecule has 0 unspecified atom stereocenters. The highest BCUT2D eigenvalue weighted by Crippen LogP contribution is 2.34. The van der Waals surface area contributed by atoms with Crippen LogP contribution in [0.5, 0.6) is 11.5 Å². The average Bonchev–Trinajstić information content (AvgIpc) is 2.75. The summed E-state index contributed by atoms with van der Waals surface area (Å²) in [6.07, 6.45) is 3.43. The SMILES string of the molecule is CCc1cccc(CC)c1NC(=O)CCCN(c1ccc2c(c1)OCCO2)S(C)(=O)=O. The average molecular weight is 447 g/mol. The number of carbonyl (C=O) groups is 1. The second-order valence-electron chi connectivity index (χ2n) is 7.47. The number of benzene rings is 2. The van der Waals surface area contributed by atoms with Crippen molar-refractivity contribution in [2.45, 2.75) is 39.5 Å². The molecule has 0 saturated heterocycles. The Kier molecular flexibility index (Phi) is 7.43. The van der Waals surface area contributed by atoms with Crippen LogP contribution in [-0.2, 0) is 27.7 Å². The topological polar surface area (TPSA) is 84.9 Å². The fourth-order valence-electron chi connectivity index (χ4n) is 3.66. The van der Waals surface area contributed by atoms with Crippen LogP contribution < -0.4 is 19.1 Å². The zero-order valence-electron chi connectivity index (χ0n) is 18.3. The minimum Gasteiger partial charge on any atom is -0.486 e. The van der Waals surface area contributed by atoms with Gasteiger partial charge in [-0.3, -0.25) is 9.10 Å². The van der Waals surface area contributed by atoms with E-state index in [0.29, 0.717) is 36.8 Å². The second kappa shape index (κ2) is 10.0. The molecule has 1 amide bonds. The molecular formula is C23H30N2O5S. The maximum Gasteiger partial charge on any atom is 0.232 e. The van der Waals surface area contributed by atoms with Crippen LogP contribution in [-0.4, -0.2) is 40.3 Å². The van der Waals surface area contributed by atoms with Crippen molar-refractivity contribution < 1.29 is 22.7 Å². The highest BCUT2D eigenvalue weighted by atomic mass is 32.2. The van der Waals surface area contributed by atoms with E-state index >= 15 is 0 Å². The third-order valence-corrected chi connectivity index (χ3v) is 6.44. The predicted molar refractivity (Wildman–Crippen MR) is 123 cm³/mol. The Balaban J connectivity index is 1.67. The van der Waals surface area contributed by atoms with Gasteiger partial charge in [0, 0.05) is 24.7 Å². The summed E-state index contributed by atoms with van der Waals surface area (Å²) < 4.78 is 37.1. The van der Waals surface area contributed by atoms with Gasteiger partial charge in [0.2, 0.25) is 15.9 Å². The first kappa shape index (κ1) is 22.9. The fraction of sp³-hybridized carbons (Fsp3) is 0.435. The monoisotopic (exact) mass is 446 g/mol. The number of fused-ring (bicyclic) bond motifs is 1. The van der Waals surface area contributed by atoms with E-state index in [1.807, 2.05) is 18.2 Å². The fourth-order valence-corrected chi connectivity index (χ4v) is 4.62. The zero-order chi connectivity index (χ0) is 22.4. The number of sulfonamides is 1. The molecule has 0 atom stereocenters. The van der Waals surface area contributed by atoms with Crippen LogP contribution in [0.1, 0.15) is 37.8 Å². The lowest BCUT2D eigenvalue weighted by Gasteiger charge is -2.25. The summed E-state index contributed by atoms with van der Waals surface area (Å²) in [5, 5.41) is 3.03. The molecule has 8 heteroatoms. The molecule has 1 aliphatic heterocycles. The Morgan fingerprint density at radius 2 is 1.68 bits per heavy atom. The molecule has 7 nitrogen and oxygen atoms in total. The third kappa shape index (κ3) is 5.70. The molecule has 1 N–H and O–H groups in total. The summed E-state index contributed by atoms with van der Waals surface area (Å²) >= 11 is 0. The van der Waals surface area contributed by atoms with Crippen molar-refractivity contribution in [1.29, 1.82) is 0 Å². The first-order chi connectivity index (χ1) is 14.8. The Bertz CT molecular complexity index is 1010. The molecule has 0 spiro atoms. The van der Waals surface area contributed by atoms with Crippen LogP contribution in [0.15, 0.2) is 36.4 Å². The van der Waals surface area contributed by atoms with E-state index in [1.165, 1.54) is 4.31 Å². The summed E-state index contributed by atoms with van der Waals surface area (Å²) in [7, 11) is -3.52. The van der Waals surface area contributed by atoms with Crippen molar-refractivity contribution in [3.63, 3.8) is 0 Å². The van der Waals surface area contributed by atoms with Gasteiger partial charge in [0.25, 0.3) is 0 Å². The zero-order valence-corrected chi connectivity index (χ0v) is 19.1. The van der Waals surface area contributed by atoms with E-state index in [1.54, 1.807) is 18.2 Å². The van der Waals surface area contributed by atoms with Crippen molar-refractivity contribution in [2.24, 2.45) is 0 Å². The first-order valence-corrected chi connectivity index (χ1v) is 12.5. The van der Waals surface area contributed by atoms with Crippen LogP contribution in [0, 0.1) is 0 Å². The number of ether oxygens (including phenoxy) is 2. The Morgan fingerprint density at radius 3 is 2.29 bits per heavy atom. The molecular weight excluding hydrogens is 416 g/mol. The van der Waals surface area contributed by atoms with Gasteiger partial charge in [-0.25, -0.2) is 8.42 Å². The maximum atomic E-state index is 12.6. The number of aryl methyl sites for hydroxylation is 2. The molecule has 0 aromatic heterocycles. The number of hydrogen-bond acceptors (Lipinski definition) is 5. The number of nitrogens with zero attached hydrogens (tertiary/aromatic N) is 1. The number of anilines is 2. The molecule has 31 heavy (non-hydrogen) atoms. The molecule has 0 saturated carbocycles. The normalized spacial score (nSPS) is 13.0. The lowest BCUT2D eigenvalue weighted by Crippen LogP contribution is -2.31. The highest BCUT2D eigenvalue weighted by molar-refractivity contribution is 7.92. The quantitative estimate of drug-likeness (QED) is 0.634. The van der Waals surface area contributed by atoms with Crippen LogP contribution in [0.4, 0.5) is 11.4 Å². The van der Waals surface area contributed by atoms with Crippen molar-refractivity contribution in [1.82, 2.24) is 0 Å². The highest BCUT2D eigenvalue weighted by Gasteiger charge is 2.21. The van der Waals surface area contributed by atoms with E-state index in [2.05, 4.69) is 19.2 Å². The molecule has 168 valence electrons. The van der Waals surface area contributed by atoms with E-state index in [4.69, 9.17) is 9.47 Å². The summed E-state index contributed by atoms with van der Waals surface area (Å²) in [4.78, 5) is 12.6. The Labute approximate surface area is 184 Å². The summed E-state index contributed by atoms with van der Waals surface area (Å²) in [6.45, 7) is 5.21. The summed E-state index contributed by atoms with van der Waals surface area (Å²) in [5.41, 5.74) is 3.57. The molecule has 2 aromatic carbocycles. The van der Waals surface area contributed by atoms with E-state index < -0.39 is 10.0 Å². The number of nitrogens with one attached hydrogen (secondary N) is 1. The molecule has 0 fully saturated rings. The van der Waals surface area contributed by atoms with Gasteiger partial charge in [-0.15, -0.1) is 0 Å². The van der Waals surface area contributed by atoms with Crippen LogP contribution in [0.3, 0.4) is 0 Å². The van der Waals surface area contributed by atoms with Crippen molar-refractivity contribution in [2.75, 3.05) is 35.6 Å². The van der Waals surface area contributed by atoms with Crippen molar-refractivity contribution >= 4 is 27.3 Å². The van der Waals surface area contributed by atoms with Crippen LogP contribution >= 0.6 is 0 Å². The van der Waals surface area contributed by atoms with E-state index in [0.717, 1.165) is 35.9 Å². The predicted octanol–water partition coefficient (Wildman–Crippen LogP) is 3.77. The van der Waals surface area contributed by atoms with Crippen molar-refractivity contribution in [3.8, 4) is 11.5 Å². The van der Waals surface area contributed by atoms with Crippen molar-refractivity contribution in [3.05, 3.63) is 47.5 Å². The van der Waals surface area contributed by atoms with E-state index in [-0.39, 0.29) is 18.9 Å². The van der Waals surface area contributed by atoms with Gasteiger partial charge in [0.1, 0.15) is 13.2 Å². The largest absolute Gasteiger partial charge is 0.486 e. The van der Waals surface area contributed by atoms with Gasteiger partial charge in [-0.1, -0.05) is 32.0 Å². The lowest BCUT2D eigenvalue weighted by atomic mass is 10.0. The first-order valence-electron chi connectivity index (χ1n) is 10.6. The molecule has 0 bridgehead atoms. The molecule has 2 aromatic rings. The number of hydrogen-bond donors (Lipinski definition) is 1. The van der Waals surface area contributed by atoms with Gasteiger partial charge in [0.05, 0.1) is 11.9 Å². The molecule has 1 aliphatic rings. The number of amides is 1. The smallest absolute Gasteiger partial charge is 0.232 e. The third-order valence-electron chi connectivity index (χ3n) is 5.24. The maximum absolute atomic E-state index is 12.6.